The third kappa shape index (κ3) is 4.16. The quantitative estimate of drug-likeness (QED) is 0.638. The minimum absolute atomic E-state index is 0.0142. The first kappa shape index (κ1) is 15.4. The van der Waals surface area contributed by atoms with Crippen LogP contribution in [0.25, 0.3) is 0 Å². The first-order valence-electron chi connectivity index (χ1n) is 5.34. The second-order valence-corrected chi connectivity index (χ2v) is 3.81. The Kier molecular flexibility index (Phi) is 4.82. The van der Waals surface area contributed by atoms with Crippen LogP contribution in [0.1, 0.15) is 0 Å². The van der Waals surface area contributed by atoms with Crippen LogP contribution in [-0.2, 0) is 0 Å². The molecule has 0 aliphatic rings. The van der Waals surface area contributed by atoms with Crippen LogP contribution in [0.15, 0.2) is 12.1 Å². The van der Waals surface area contributed by atoms with Gasteiger partial charge in [-0.1, -0.05) is 0 Å². The lowest BCUT2D eigenvalue weighted by molar-refractivity contribution is -0.119. The Morgan fingerprint density at radius 3 is 2.47 bits per heavy atom. The van der Waals surface area contributed by atoms with Gasteiger partial charge in [0.05, 0.1) is 25.1 Å². The van der Waals surface area contributed by atoms with E-state index >= 15 is 0 Å². The SMILES string of the molecule is COc1cc(N(CCO)CC(F)(F)F)c(F)cc1N. The smallest absolute Gasteiger partial charge is 0.405 e. The van der Waals surface area contributed by atoms with Gasteiger partial charge >= 0.3 is 6.18 Å². The molecule has 108 valence electrons. The van der Waals surface area contributed by atoms with Crippen LogP contribution in [0.4, 0.5) is 28.9 Å². The van der Waals surface area contributed by atoms with Crippen molar-refractivity contribution in [2.45, 2.75) is 6.18 Å². The Bertz CT molecular complexity index is 437. The van der Waals surface area contributed by atoms with Crippen LogP contribution >= 0.6 is 0 Å². The van der Waals surface area contributed by atoms with Gasteiger partial charge < -0.3 is 20.5 Å². The Balaban J connectivity index is 3.14. The highest BCUT2D eigenvalue weighted by molar-refractivity contribution is 5.63. The number of aliphatic hydroxyl groups excluding tert-OH is 1. The highest BCUT2D eigenvalue weighted by Gasteiger charge is 2.32. The van der Waals surface area contributed by atoms with Crippen LogP contribution in [0.3, 0.4) is 0 Å². The average molecular weight is 282 g/mol. The maximum Gasteiger partial charge on any atom is 0.405 e. The van der Waals surface area contributed by atoms with Gasteiger partial charge in [-0.2, -0.15) is 13.2 Å². The molecule has 0 fully saturated rings. The lowest BCUT2D eigenvalue weighted by Gasteiger charge is -2.26. The second kappa shape index (κ2) is 5.96. The lowest BCUT2D eigenvalue weighted by atomic mass is 10.2. The predicted molar refractivity (Wildman–Crippen MR) is 62.7 cm³/mol. The monoisotopic (exact) mass is 282 g/mol. The molecule has 19 heavy (non-hydrogen) atoms. The summed E-state index contributed by atoms with van der Waals surface area (Å²) in [6, 6.07) is 1.96. The van der Waals surface area contributed by atoms with E-state index in [9.17, 15) is 17.6 Å². The van der Waals surface area contributed by atoms with E-state index in [4.69, 9.17) is 15.6 Å². The average Bonchev–Trinajstić information content (AvgIpc) is 2.27. The Hall–Kier alpha value is -1.70. The van der Waals surface area contributed by atoms with E-state index in [2.05, 4.69) is 0 Å². The van der Waals surface area contributed by atoms with Gasteiger partial charge in [0.1, 0.15) is 18.1 Å². The number of ether oxygens (including phenoxy) is 1. The maximum atomic E-state index is 13.7. The summed E-state index contributed by atoms with van der Waals surface area (Å²) < 4.78 is 55.7. The van der Waals surface area contributed by atoms with E-state index in [1.807, 2.05) is 0 Å². The minimum atomic E-state index is -4.52. The molecule has 0 heterocycles. The molecule has 8 heteroatoms. The van der Waals surface area contributed by atoms with Crippen molar-refractivity contribution in [2.24, 2.45) is 0 Å². The van der Waals surface area contributed by atoms with Gasteiger partial charge in [0, 0.05) is 18.7 Å². The number of nitrogens with zero attached hydrogens (tertiary/aromatic N) is 1. The molecule has 0 atom stereocenters. The van der Waals surface area contributed by atoms with Crippen molar-refractivity contribution < 1.29 is 27.4 Å². The number of hydrogen-bond acceptors (Lipinski definition) is 4. The number of nitrogens with two attached hydrogens (primary N) is 1. The van der Waals surface area contributed by atoms with E-state index in [-0.39, 0.29) is 23.7 Å². The number of hydrogen-bond donors (Lipinski definition) is 2. The van der Waals surface area contributed by atoms with E-state index in [1.165, 1.54) is 7.11 Å². The molecule has 0 aliphatic carbocycles. The molecular formula is C11H14F4N2O2. The zero-order chi connectivity index (χ0) is 14.6. The Morgan fingerprint density at radius 1 is 1.37 bits per heavy atom. The fraction of sp³-hybridized carbons (Fsp3) is 0.455. The molecule has 0 aromatic heterocycles. The van der Waals surface area contributed by atoms with Crippen molar-refractivity contribution in [1.82, 2.24) is 0 Å². The number of methoxy groups -OCH3 is 1. The maximum absolute atomic E-state index is 13.7. The summed E-state index contributed by atoms with van der Waals surface area (Å²) in [6.07, 6.45) is -4.52. The molecule has 1 aromatic rings. The van der Waals surface area contributed by atoms with Crippen molar-refractivity contribution in [3.63, 3.8) is 0 Å². The van der Waals surface area contributed by atoms with E-state index in [1.54, 1.807) is 0 Å². The topological polar surface area (TPSA) is 58.7 Å². The van der Waals surface area contributed by atoms with Gasteiger partial charge in [-0.25, -0.2) is 4.39 Å². The first-order chi connectivity index (χ1) is 8.78. The molecule has 0 radical (unpaired) electrons. The van der Waals surface area contributed by atoms with Crippen molar-refractivity contribution in [3.8, 4) is 5.75 Å². The Labute approximate surface area is 107 Å². The number of aliphatic hydroxyl groups is 1. The predicted octanol–water partition coefficient (Wildman–Crippen LogP) is 1.78. The minimum Gasteiger partial charge on any atom is -0.495 e. The zero-order valence-corrected chi connectivity index (χ0v) is 10.2. The second-order valence-electron chi connectivity index (χ2n) is 3.81. The van der Waals surface area contributed by atoms with Gasteiger partial charge in [-0.3, -0.25) is 0 Å². The van der Waals surface area contributed by atoms with Gasteiger partial charge in [-0.05, 0) is 0 Å². The van der Waals surface area contributed by atoms with Gasteiger partial charge in [0.2, 0.25) is 0 Å². The van der Waals surface area contributed by atoms with Gasteiger partial charge in [0.25, 0.3) is 0 Å². The molecule has 0 saturated carbocycles. The van der Waals surface area contributed by atoms with Crippen molar-refractivity contribution in [2.75, 3.05) is 37.4 Å². The third-order valence-electron chi connectivity index (χ3n) is 2.38. The fourth-order valence-electron chi connectivity index (χ4n) is 1.60. The summed E-state index contributed by atoms with van der Waals surface area (Å²) in [5, 5.41) is 8.78. The largest absolute Gasteiger partial charge is 0.495 e. The van der Waals surface area contributed by atoms with E-state index in [0.29, 0.717) is 4.90 Å². The van der Waals surface area contributed by atoms with Crippen LogP contribution in [-0.4, -0.2) is 38.1 Å². The molecule has 0 aliphatic heterocycles. The molecule has 0 saturated heterocycles. The molecule has 0 amide bonds. The van der Waals surface area contributed by atoms with Crippen molar-refractivity contribution in [1.29, 1.82) is 0 Å². The summed E-state index contributed by atoms with van der Waals surface area (Å²) in [4.78, 5) is 0.678. The summed E-state index contributed by atoms with van der Waals surface area (Å²) in [5.74, 6) is -0.836. The molecule has 0 bridgehead atoms. The van der Waals surface area contributed by atoms with Gasteiger partial charge in [-0.15, -0.1) is 0 Å². The van der Waals surface area contributed by atoms with Crippen molar-refractivity contribution in [3.05, 3.63) is 17.9 Å². The number of nitrogen functional groups attached to an aromatic ring is 1. The Morgan fingerprint density at radius 2 is 2.00 bits per heavy atom. The molecule has 1 aromatic carbocycles. The van der Waals surface area contributed by atoms with Crippen LogP contribution in [0.2, 0.25) is 0 Å². The number of benzene rings is 1. The number of alkyl halides is 3. The summed E-state index contributed by atoms with van der Waals surface area (Å²) in [7, 11) is 1.27. The molecule has 4 nitrogen and oxygen atoms in total. The number of anilines is 2. The summed E-state index contributed by atoms with van der Waals surface area (Å²) in [6.45, 7) is -2.27. The highest BCUT2D eigenvalue weighted by Crippen LogP contribution is 2.32. The fourth-order valence-corrected chi connectivity index (χ4v) is 1.60. The first-order valence-corrected chi connectivity index (χ1v) is 5.34. The number of halogens is 4. The van der Waals surface area contributed by atoms with Gasteiger partial charge in [0.15, 0.2) is 0 Å². The molecule has 0 unspecified atom stereocenters. The third-order valence-corrected chi connectivity index (χ3v) is 2.38. The molecule has 3 N–H and O–H groups in total. The lowest BCUT2D eigenvalue weighted by Crippen LogP contribution is -2.36. The molecular weight excluding hydrogens is 268 g/mol. The van der Waals surface area contributed by atoms with Crippen molar-refractivity contribution >= 4 is 11.4 Å². The summed E-state index contributed by atoms with van der Waals surface area (Å²) in [5.41, 5.74) is 5.11. The van der Waals surface area contributed by atoms with E-state index < -0.39 is 25.1 Å². The number of rotatable bonds is 5. The van der Waals surface area contributed by atoms with E-state index in [0.717, 1.165) is 12.1 Å². The highest BCUT2D eigenvalue weighted by atomic mass is 19.4. The van der Waals surface area contributed by atoms with Crippen LogP contribution in [0, 0.1) is 5.82 Å². The zero-order valence-electron chi connectivity index (χ0n) is 10.2. The normalized spacial score (nSPS) is 11.5. The van der Waals surface area contributed by atoms with Crippen LogP contribution in [0.5, 0.6) is 5.75 Å². The summed E-state index contributed by atoms with van der Waals surface area (Å²) >= 11 is 0. The standard InChI is InChI=1S/C11H14F4N2O2/c1-19-10-5-9(7(12)4-8(10)16)17(2-3-18)6-11(13,14)15/h4-5,18H,2-3,6,16H2,1H3. The van der Waals surface area contributed by atoms with Crippen LogP contribution < -0.4 is 15.4 Å². The molecule has 1 rings (SSSR count). The molecule has 0 spiro atoms.